The molecule has 0 aromatic rings. The fourth-order valence-electron chi connectivity index (χ4n) is 7.01. The Balaban J connectivity index is 0.00000196. The average molecular weight is 425 g/mol. The second-order valence-electron chi connectivity index (χ2n) is 10.4. The number of allylic oxidation sites excluding steroid dienone is 2. The second-order valence-corrected chi connectivity index (χ2v) is 10.4. The highest BCUT2D eigenvalue weighted by Gasteiger charge is 2.45. The quantitative estimate of drug-likeness (QED) is 0.481. The summed E-state index contributed by atoms with van der Waals surface area (Å²) in [4.78, 5) is 0. The largest absolute Gasteiger partial charge is 1.00 e. The van der Waals surface area contributed by atoms with Gasteiger partial charge >= 0.3 is 0 Å². The summed E-state index contributed by atoms with van der Waals surface area (Å²) in [7, 11) is 5.05. The van der Waals surface area contributed by atoms with Crippen molar-refractivity contribution in [1.82, 2.24) is 0 Å². The van der Waals surface area contributed by atoms with Gasteiger partial charge in [-0.3, -0.25) is 0 Å². The number of hydrogen-bond donors (Lipinski definition) is 0. The van der Waals surface area contributed by atoms with Crippen LogP contribution in [0.4, 0.5) is 0 Å². The van der Waals surface area contributed by atoms with Crippen LogP contribution < -0.4 is 17.0 Å². The van der Waals surface area contributed by atoms with Crippen LogP contribution in [0.25, 0.3) is 0 Å². The molecule has 2 saturated carbocycles. The number of hydrogen-bond acceptors (Lipinski definition) is 0. The molecule has 0 spiro atoms. The summed E-state index contributed by atoms with van der Waals surface area (Å²) in [5.41, 5.74) is 1.97. The first-order valence-corrected chi connectivity index (χ1v) is 11.7. The molecule has 1 unspecified atom stereocenters. The average Bonchev–Trinajstić information content (AvgIpc) is 2.61. The summed E-state index contributed by atoms with van der Waals surface area (Å²) >= 11 is 0. The minimum absolute atomic E-state index is 0. The molecule has 2 aliphatic heterocycles. The van der Waals surface area contributed by atoms with E-state index in [1.807, 2.05) is 5.57 Å². The molecule has 2 heteroatoms. The van der Waals surface area contributed by atoms with Crippen molar-refractivity contribution in [2.75, 3.05) is 14.1 Å². The van der Waals surface area contributed by atoms with Crippen LogP contribution in [0, 0.1) is 17.8 Å². The fraction of sp³-hybridized carbons (Fsp3) is 0.917. The monoisotopic (exact) mass is 423 g/mol. The molecular weight excluding hydrogens is 382 g/mol. The van der Waals surface area contributed by atoms with Crippen molar-refractivity contribution in [2.45, 2.75) is 108 Å². The van der Waals surface area contributed by atoms with Gasteiger partial charge in [0.2, 0.25) is 0 Å². The molecule has 4 fully saturated rings. The van der Waals surface area contributed by atoms with Gasteiger partial charge in [0.1, 0.15) is 0 Å². The number of fused-ring (bicyclic) bond motifs is 2. The summed E-state index contributed by atoms with van der Waals surface area (Å²) in [5.74, 6) is 2.82. The van der Waals surface area contributed by atoms with Gasteiger partial charge in [-0.1, -0.05) is 50.2 Å². The molecule has 2 saturated heterocycles. The van der Waals surface area contributed by atoms with E-state index in [1.54, 1.807) is 0 Å². The van der Waals surface area contributed by atoms with Gasteiger partial charge in [-0.25, -0.2) is 0 Å². The molecule has 1 nitrogen and oxygen atoms in total. The Morgan fingerprint density at radius 2 is 1.12 bits per heavy atom. The summed E-state index contributed by atoms with van der Waals surface area (Å²) in [6.07, 6.45) is 25.3. The summed E-state index contributed by atoms with van der Waals surface area (Å²) in [5, 5.41) is 0. The minimum atomic E-state index is 0. The van der Waals surface area contributed by atoms with E-state index in [2.05, 4.69) is 20.2 Å². The van der Waals surface area contributed by atoms with E-state index < -0.39 is 0 Å². The van der Waals surface area contributed by atoms with E-state index in [-0.39, 0.29) is 17.0 Å². The number of quaternary nitrogens is 1. The van der Waals surface area contributed by atoms with E-state index in [1.165, 1.54) is 101 Å². The van der Waals surface area contributed by atoms with Gasteiger partial charge in [0.25, 0.3) is 0 Å². The van der Waals surface area contributed by atoms with Crippen molar-refractivity contribution in [3.05, 3.63) is 11.6 Å². The molecule has 2 heterocycles. The van der Waals surface area contributed by atoms with E-state index in [0.29, 0.717) is 0 Å². The van der Waals surface area contributed by atoms with Crippen LogP contribution in [-0.2, 0) is 0 Å². The van der Waals surface area contributed by atoms with Crippen LogP contribution in [0.2, 0.25) is 0 Å². The lowest BCUT2D eigenvalue weighted by Gasteiger charge is -2.53. The Labute approximate surface area is 173 Å². The maximum atomic E-state index is 2.90. The highest BCUT2D eigenvalue weighted by molar-refractivity contribution is 5.15. The van der Waals surface area contributed by atoms with Crippen LogP contribution in [0.3, 0.4) is 0 Å². The van der Waals surface area contributed by atoms with Crippen molar-refractivity contribution in [1.29, 1.82) is 0 Å². The number of rotatable bonds is 3. The minimum Gasteiger partial charge on any atom is -1.00 e. The lowest BCUT2D eigenvalue weighted by Crippen LogP contribution is -3.00. The third-order valence-corrected chi connectivity index (χ3v) is 8.69. The van der Waals surface area contributed by atoms with Gasteiger partial charge in [-0.15, -0.1) is 0 Å². The second kappa shape index (κ2) is 9.12. The predicted octanol–water partition coefficient (Wildman–Crippen LogP) is 3.48. The Morgan fingerprint density at radius 3 is 1.58 bits per heavy atom. The molecule has 3 atom stereocenters. The van der Waals surface area contributed by atoms with Crippen molar-refractivity contribution >= 4 is 0 Å². The highest BCUT2D eigenvalue weighted by Crippen LogP contribution is 2.44. The van der Waals surface area contributed by atoms with Crippen LogP contribution in [0.15, 0.2) is 11.6 Å². The van der Waals surface area contributed by atoms with Gasteiger partial charge in [0, 0.05) is 12.8 Å². The van der Waals surface area contributed by atoms with E-state index in [9.17, 15) is 0 Å². The topological polar surface area (TPSA) is 0 Å². The summed E-state index contributed by atoms with van der Waals surface area (Å²) < 4.78 is 1.33. The standard InChI is InChI=1S/C24H42N.BrH/c1-25(2)22-14-9-15-23(25)17-19(16-22)18-24(20-10-5-3-6-11-20)21-12-7-4-8-13-21;/h18-23H,3-17H2,1-2H3;1H/q+1;/p-1/t19?,22-,23+;. The number of piperidine rings is 2. The van der Waals surface area contributed by atoms with Crippen LogP contribution in [-0.4, -0.2) is 30.7 Å². The zero-order chi connectivity index (χ0) is 17.3. The molecule has 26 heavy (non-hydrogen) atoms. The Bertz CT molecular complexity index is 435. The van der Waals surface area contributed by atoms with Crippen molar-refractivity contribution < 1.29 is 21.5 Å². The molecule has 0 aromatic carbocycles. The van der Waals surface area contributed by atoms with Crippen LogP contribution >= 0.6 is 0 Å². The summed E-state index contributed by atoms with van der Waals surface area (Å²) in [6.45, 7) is 0. The lowest BCUT2D eigenvalue weighted by atomic mass is 9.70. The van der Waals surface area contributed by atoms with E-state index in [0.717, 1.165) is 29.8 Å². The van der Waals surface area contributed by atoms with Gasteiger partial charge in [-0.2, -0.15) is 0 Å². The zero-order valence-corrected chi connectivity index (χ0v) is 19.0. The Morgan fingerprint density at radius 1 is 0.654 bits per heavy atom. The third kappa shape index (κ3) is 4.43. The van der Waals surface area contributed by atoms with Crippen LogP contribution in [0.1, 0.15) is 96.3 Å². The molecule has 0 amide bonds. The molecule has 0 N–H and O–H groups in total. The molecule has 2 aliphatic carbocycles. The number of nitrogens with zero attached hydrogens (tertiary/aromatic N) is 1. The molecular formula is C24H42BrN. The fourth-order valence-corrected chi connectivity index (χ4v) is 7.01. The molecule has 4 rings (SSSR count). The Kier molecular flexibility index (Phi) is 7.33. The molecule has 0 radical (unpaired) electrons. The van der Waals surface area contributed by atoms with Gasteiger partial charge in [0.05, 0.1) is 26.2 Å². The number of halogens is 1. The van der Waals surface area contributed by atoms with Crippen LogP contribution in [0.5, 0.6) is 0 Å². The van der Waals surface area contributed by atoms with Crippen molar-refractivity contribution in [3.8, 4) is 0 Å². The molecule has 4 aliphatic rings. The lowest BCUT2D eigenvalue weighted by molar-refractivity contribution is -0.950. The van der Waals surface area contributed by atoms with Gasteiger partial charge in [0.15, 0.2) is 0 Å². The highest BCUT2D eigenvalue weighted by atomic mass is 79.9. The maximum absolute atomic E-state index is 2.90. The summed E-state index contributed by atoms with van der Waals surface area (Å²) in [6, 6.07) is 1.88. The smallest absolute Gasteiger partial charge is 0.0894 e. The van der Waals surface area contributed by atoms with Gasteiger partial charge < -0.3 is 21.5 Å². The van der Waals surface area contributed by atoms with Crippen molar-refractivity contribution in [3.63, 3.8) is 0 Å². The van der Waals surface area contributed by atoms with Crippen molar-refractivity contribution in [2.24, 2.45) is 17.8 Å². The van der Waals surface area contributed by atoms with Gasteiger partial charge in [-0.05, 0) is 62.7 Å². The first-order chi connectivity index (χ1) is 12.1. The van der Waals surface area contributed by atoms with E-state index >= 15 is 0 Å². The first-order valence-electron chi connectivity index (χ1n) is 11.7. The third-order valence-electron chi connectivity index (χ3n) is 8.69. The zero-order valence-electron chi connectivity index (χ0n) is 17.4. The maximum Gasteiger partial charge on any atom is 0.0894 e. The first kappa shape index (κ1) is 20.9. The Hall–Kier alpha value is 0.180. The molecule has 0 aromatic heterocycles. The predicted molar refractivity (Wildman–Crippen MR) is 107 cm³/mol. The van der Waals surface area contributed by atoms with E-state index in [4.69, 9.17) is 0 Å². The molecule has 150 valence electrons. The molecule has 2 bridgehead atoms. The SMILES string of the molecule is C[N+]1(C)[C@@H]2CCC[C@H]1CC(C=C(C1CCCCC1)C1CCCCC1)C2.[Br-]. The normalized spacial score (nSPS) is 35.4.